The first-order chi connectivity index (χ1) is 6.79. The number of nitrogens with one attached hydrogen (secondary N) is 1. The molecule has 1 aromatic rings. The third-order valence-corrected chi connectivity index (χ3v) is 2.29. The largest absolute Gasteiger partial charge is 0.399 e. The second-order valence-corrected chi connectivity index (χ2v) is 3.80. The van der Waals surface area contributed by atoms with E-state index in [1.165, 1.54) is 32.4 Å². The third kappa shape index (κ3) is 5.10. The molecule has 3 N–H and O–H groups in total. The van der Waals surface area contributed by atoms with E-state index in [4.69, 9.17) is 17.3 Å². The Labute approximate surface area is 90.4 Å². The van der Waals surface area contributed by atoms with Crippen LogP contribution in [0.5, 0.6) is 0 Å². The van der Waals surface area contributed by atoms with Gasteiger partial charge in [-0.05, 0) is 44.1 Å². The Morgan fingerprint density at radius 2 is 1.86 bits per heavy atom. The molecule has 0 unspecified atom stereocenters. The molecule has 3 heteroatoms. The fourth-order valence-corrected chi connectivity index (χ4v) is 1.51. The molecule has 0 aromatic heterocycles. The van der Waals surface area contributed by atoms with E-state index in [-0.39, 0.29) is 0 Å². The summed E-state index contributed by atoms with van der Waals surface area (Å²) >= 11 is 5.56. The van der Waals surface area contributed by atoms with Gasteiger partial charge in [0.25, 0.3) is 0 Å². The van der Waals surface area contributed by atoms with Crippen LogP contribution in [0.4, 0.5) is 5.69 Å². The van der Waals surface area contributed by atoms with E-state index in [1.807, 2.05) is 6.07 Å². The van der Waals surface area contributed by atoms with Gasteiger partial charge in [0.2, 0.25) is 0 Å². The lowest BCUT2D eigenvalue weighted by atomic mass is 10.2. The molecule has 1 heterocycles. The molecule has 1 saturated heterocycles. The summed E-state index contributed by atoms with van der Waals surface area (Å²) in [6, 6.07) is 7.11. The van der Waals surface area contributed by atoms with Crippen molar-refractivity contribution in [1.82, 2.24) is 5.32 Å². The lowest BCUT2D eigenvalue weighted by Crippen LogP contribution is -2.21. The predicted octanol–water partition coefficient (Wildman–Crippen LogP) is 2.68. The van der Waals surface area contributed by atoms with Gasteiger partial charge in [-0.3, -0.25) is 0 Å². The van der Waals surface area contributed by atoms with E-state index in [1.54, 1.807) is 18.2 Å². The van der Waals surface area contributed by atoms with Crippen LogP contribution >= 0.6 is 11.6 Å². The molecule has 1 aromatic carbocycles. The summed E-state index contributed by atoms with van der Waals surface area (Å²) in [5, 5.41) is 3.97. The van der Waals surface area contributed by atoms with Crippen LogP contribution < -0.4 is 11.1 Å². The van der Waals surface area contributed by atoms with Crippen molar-refractivity contribution < 1.29 is 0 Å². The molecule has 14 heavy (non-hydrogen) atoms. The topological polar surface area (TPSA) is 38.0 Å². The van der Waals surface area contributed by atoms with E-state index in [2.05, 4.69) is 5.32 Å². The predicted molar refractivity (Wildman–Crippen MR) is 62.6 cm³/mol. The number of hydrogen-bond donors (Lipinski definition) is 2. The normalized spacial score (nSPS) is 15.5. The van der Waals surface area contributed by atoms with E-state index in [0.29, 0.717) is 10.7 Å². The number of benzene rings is 1. The van der Waals surface area contributed by atoms with Crippen LogP contribution in [0, 0.1) is 0 Å². The van der Waals surface area contributed by atoms with Crippen molar-refractivity contribution in [3.05, 3.63) is 29.3 Å². The van der Waals surface area contributed by atoms with Gasteiger partial charge in [-0.2, -0.15) is 0 Å². The Balaban J connectivity index is 0.000000146. The Hall–Kier alpha value is -0.730. The molecule has 0 aliphatic carbocycles. The molecule has 0 atom stereocenters. The molecular formula is C11H17ClN2. The van der Waals surface area contributed by atoms with Gasteiger partial charge in [0, 0.05) is 10.7 Å². The molecule has 78 valence electrons. The van der Waals surface area contributed by atoms with Crippen molar-refractivity contribution in [2.24, 2.45) is 0 Å². The van der Waals surface area contributed by atoms with Gasteiger partial charge in [-0.15, -0.1) is 0 Å². The van der Waals surface area contributed by atoms with Crippen molar-refractivity contribution in [2.45, 2.75) is 19.3 Å². The number of nitrogen functional groups attached to an aromatic ring is 1. The number of hydrogen-bond acceptors (Lipinski definition) is 2. The molecule has 1 aliphatic rings. The fourth-order valence-electron chi connectivity index (χ4n) is 1.31. The van der Waals surface area contributed by atoms with Crippen molar-refractivity contribution in [1.29, 1.82) is 0 Å². The van der Waals surface area contributed by atoms with Gasteiger partial charge < -0.3 is 11.1 Å². The van der Waals surface area contributed by atoms with Crippen LogP contribution in [0.2, 0.25) is 5.02 Å². The highest BCUT2D eigenvalue weighted by Crippen LogP contribution is 2.10. The Morgan fingerprint density at radius 1 is 1.14 bits per heavy atom. The molecule has 0 spiro atoms. The van der Waals surface area contributed by atoms with E-state index in [0.717, 1.165) is 0 Å². The van der Waals surface area contributed by atoms with Crippen molar-refractivity contribution >= 4 is 17.3 Å². The highest BCUT2D eigenvalue weighted by molar-refractivity contribution is 6.30. The second kappa shape index (κ2) is 6.68. The second-order valence-electron chi connectivity index (χ2n) is 3.37. The molecule has 0 saturated carbocycles. The summed E-state index contributed by atoms with van der Waals surface area (Å²) in [6.45, 7) is 2.50. The molecular weight excluding hydrogens is 196 g/mol. The number of anilines is 1. The summed E-state index contributed by atoms with van der Waals surface area (Å²) in [6.07, 6.45) is 4.22. The van der Waals surface area contributed by atoms with Crippen molar-refractivity contribution in [3.8, 4) is 0 Å². The van der Waals surface area contributed by atoms with Crippen LogP contribution in [0.3, 0.4) is 0 Å². The minimum atomic E-state index is 0.685. The summed E-state index contributed by atoms with van der Waals surface area (Å²) in [5.74, 6) is 0. The minimum absolute atomic E-state index is 0.685. The number of piperidine rings is 1. The first-order valence-corrected chi connectivity index (χ1v) is 5.38. The monoisotopic (exact) mass is 212 g/mol. The summed E-state index contributed by atoms with van der Waals surface area (Å²) in [7, 11) is 0. The quantitative estimate of drug-likeness (QED) is 0.649. The molecule has 1 fully saturated rings. The van der Waals surface area contributed by atoms with E-state index in [9.17, 15) is 0 Å². The number of halogens is 1. The smallest absolute Gasteiger partial charge is 0.0426 e. The molecule has 0 amide bonds. The first-order valence-electron chi connectivity index (χ1n) is 5.01. The van der Waals surface area contributed by atoms with Crippen LogP contribution in [0.15, 0.2) is 24.3 Å². The first kappa shape index (κ1) is 11.3. The molecule has 2 nitrogen and oxygen atoms in total. The van der Waals surface area contributed by atoms with Crippen LogP contribution in [0.25, 0.3) is 0 Å². The molecule has 1 aliphatic heterocycles. The molecule has 0 bridgehead atoms. The van der Waals surface area contributed by atoms with Gasteiger partial charge in [0.15, 0.2) is 0 Å². The maximum absolute atomic E-state index is 5.56. The van der Waals surface area contributed by atoms with Gasteiger partial charge in [-0.1, -0.05) is 24.1 Å². The average Bonchev–Trinajstić information content (AvgIpc) is 2.21. The Bertz CT molecular complexity index is 230. The summed E-state index contributed by atoms with van der Waals surface area (Å²) < 4.78 is 0. The molecule has 2 rings (SSSR count). The van der Waals surface area contributed by atoms with Crippen LogP contribution in [-0.4, -0.2) is 13.1 Å². The SMILES string of the molecule is C1CCNCC1.Nc1cccc(Cl)c1. The van der Waals surface area contributed by atoms with Gasteiger partial charge >= 0.3 is 0 Å². The third-order valence-electron chi connectivity index (χ3n) is 2.06. The zero-order chi connectivity index (χ0) is 10.2. The minimum Gasteiger partial charge on any atom is -0.399 e. The maximum atomic E-state index is 5.56. The lowest BCUT2D eigenvalue weighted by molar-refractivity contribution is 0.520. The Kier molecular flexibility index (Phi) is 5.42. The van der Waals surface area contributed by atoms with E-state index >= 15 is 0 Å². The van der Waals surface area contributed by atoms with Gasteiger partial charge in [0.05, 0.1) is 0 Å². The van der Waals surface area contributed by atoms with Gasteiger partial charge in [-0.25, -0.2) is 0 Å². The van der Waals surface area contributed by atoms with Crippen LogP contribution in [0.1, 0.15) is 19.3 Å². The number of nitrogens with two attached hydrogens (primary N) is 1. The lowest BCUT2D eigenvalue weighted by Gasteiger charge is -2.08. The fraction of sp³-hybridized carbons (Fsp3) is 0.455. The van der Waals surface area contributed by atoms with Crippen molar-refractivity contribution in [3.63, 3.8) is 0 Å². The van der Waals surface area contributed by atoms with Gasteiger partial charge in [0.1, 0.15) is 0 Å². The van der Waals surface area contributed by atoms with E-state index < -0.39 is 0 Å². The Morgan fingerprint density at radius 3 is 2.14 bits per heavy atom. The summed E-state index contributed by atoms with van der Waals surface area (Å²) in [4.78, 5) is 0. The molecule has 0 radical (unpaired) electrons. The zero-order valence-electron chi connectivity index (χ0n) is 8.30. The highest BCUT2D eigenvalue weighted by atomic mass is 35.5. The zero-order valence-corrected chi connectivity index (χ0v) is 9.06. The van der Waals surface area contributed by atoms with Crippen LogP contribution in [-0.2, 0) is 0 Å². The summed E-state index contributed by atoms with van der Waals surface area (Å²) in [5.41, 5.74) is 6.08. The standard InChI is InChI=1S/C6H6ClN.C5H11N/c7-5-2-1-3-6(8)4-5;1-2-4-6-5-3-1/h1-4H,8H2;6H,1-5H2. The maximum Gasteiger partial charge on any atom is 0.0426 e. The van der Waals surface area contributed by atoms with Crippen molar-refractivity contribution in [2.75, 3.05) is 18.8 Å². The number of rotatable bonds is 0. The highest BCUT2D eigenvalue weighted by Gasteiger charge is 1.93. The average molecular weight is 213 g/mol.